The number of rotatable bonds is 6. The molecule has 134 valence electrons. The number of hydrogen-bond donors (Lipinski definition) is 4. The molecule has 3 rings (SSSR count). The lowest BCUT2D eigenvalue weighted by Gasteiger charge is -2.20. The largest absolute Gasteiger partial charge is 0.480 e. The maximum Gasteiger partial charge on any atom is 0.328 e. The Labute approximate surface area is 158 Å². The number of carbonyl (C=O) groups is 2. The Morgan fingerprint density at radius 1 is 1.12 bits per heavy atom. The molecule has 1 aromatic heterocycles. The summed E-state index contributed by atoms with van der Waals surface area (Å²) in [6.07, 6.45) is -1.13. The van der Waals surface area contributed by atoms with Gasteiger partial charge in [-0.1, -0.05) is 46.3 Å². The fraction of sp³-hybridized carbons (Fsp3) is 0.158. The van der Waals surface area contributed by atoms with E-state index in [1.807, 2.05) is 24.3 Å². The molecule has 0 spiro atoms. The number of carboxylic acid groups (broad SMARTS) is 1. The molecular weight excluding hydrogens is 400 g/mol. The van der Waals surface area contributed by atoms with E-state index in [1.165, 1.54) is 0 Å². The molecule has 0 aliphatic carbocycles. The van der Waals surface area contributed by atoms with Crippen LogP contribution in [0.5, 0.6) is 0 Å². The van der Waals surface area contributed by atoms with Crippen LogP contribution in [-0.2, 0) is 11.2 Å². The number of amides is 1. The lowest BCUT2D eigenvalue weighted by molar-refractivity contribution is -0.142. The topological polar surface area (TPSA) is 102 Å². The molecule has 0 unspecified atom stereocenters. The van der Waals surface area contributed by atoms with E-state index in [4.69, 9.17) is 0 Å². The number of carbonyl (C=O) groups excluding carboxylic acids is 1. The number of aliphatic hydroxyl groups is 1. The number of aromatic nitrogens is 1. The molecule has 0 saturated heterocycles. The number of hydrogen-bond acceptors (Lipinski definition) is 3. The van der Waals surface area contributed by atoms with Gasteiger partial charge in [0.05, 0.1) is 6.10 Å². The predicted octanol–water partition coefficient (Wildman–Crippen LogP) is 2.72. The summed E-state index contributed by atoms with van der Waals surface area (Å²) in [5.74, 6) is -1.88. The normalized spacial score (nSPS) is 13.3. The van der Waals surface area contributed by atoms with Gasteiger partial charge in [0, 0.05) is 21.8 Å². The molecule has 0 saturated carbocycles. The summed E-state index contributed by atoms with van der Waals surface area (Å²) >= 11 is 3.36. The number of fused-ring (bicyclic) bond motifs is 1. The molecule has 3 aromatic rings. The zero-order valence-corrected chi connectivity index (χ0v) is 15.2. The molecule has 2 atom stereocenters. The molecule has 6 nitrogen and oxygen atoms in total. The second-order valence-electron chi connectivity index (χ2n) is 5.96. The molecule has 7 heteroatoms. The second-order valence-corrected chi connectivity index (χ2v) is 6.88. The number of aliphatic hydroxyl groups excluding tert-OH is 1. The highest BCUT2D eigenvalue weighted by Gasteiger charge is 2.29. The van der Waals surface area contributed by atoms with Crippen LogP contribution >= 0.6 is 15.9 Å². The minimum Gasteiger partial charge on any atom is -0.480 e. The van der Waals surface area contributed by atoms with Crippen molar-refractivity contribution in [2.75, 3.05) is 0 Å². The van der Waals surface area contributed by atoms with Crippen molar-refractivity contribution < 1.29 is 19.8 Å². The summed E-state index contributed by atoms with van der Waals surface area (Å²) in [4.78, 5) is 26.9. The molecule has 0 bridgehead atoms. The summed E-state index contributed by atoms with van der Waals surface area (Å²) in [6, 6.07) is 14.7. The first-order chi connectivity index (χ1) is 12.4. The van der Waals surface area contributed by atoms with Crippen molar-refractivity contribution in [3.05, 3.63) is 70.3 Å². The maximum atomic E-state index is 12.4. The van der Waals surface area contributed by atoms with Gasteiger partial charge in [-0.2, -0.15) is 0 Å². The van der Waals surface area contributed by atoms with Crippen LogP contribution in [0.15, 0.2) is 59.1 Å². The molecule has 0 aliphatic rings. The Bertz CT molecular complexity index is 939. The van der Waals surface area contributed by atoms with Crippen molar-refractivity contribution >= 4 is 38.7 Å². The fourth-order valence-corrected chi connectivity index (χ4v) is 3.12. The maximum absolute atomic E-state index is 12.4. The quantitative estimate of drug-likeness (QED) is 0.495. The number of H-pyrrole nitrogens is 1. The van der Waals surface area contributed by atoms with Gasteiger partial charge in [-0.05, 0) is 29.8 Å². The van der Waals surface area contributed by atoms with Crippen LogP contribution in [0.4, 0.5) is 0 Å². The van der Waals surface area contributed by atoms with Crippen LogP contribution in [-0.4, -0.2) is 39.2 Å². The number of nitrogens with one attached hydrogen (secondary N) is 2. The van der Waals surface area contributed by atoms with Gasteiger partial charge in [-0.25, -0.2) is 4.79 Å². The molecule has 0 radical (unpaired) electrons. The van der Waals surface area contributed by atoms with E-state index in [1.54, 1.807) is 30.3 Å². The van der Waals surface area contributed by atoms with Gasteiger partial charge in [-0.3, -0.25) is 4.79 Å². The smallest absolute Gasteiger partial charge is 0.328 e. The minimum absolute atomic E-state index is 0.123. The van der Waals surface area contributed by atoms with Gasteiger partial charge in [0.25, 0.3) is 5.91 Å². The molecule has 26 heavy (non-hydrogen) atoms. The zero-order chi connectivity index (χ0) is 18.7. The molecule has 1 heterocycles. The van der Waals surface area contributed by atoms with E-state index in [0.29, 0.717) is 0 Å². The predicted molar refractivity (Wildman–Crippen MR) is 101 cm³/mol. The van der Waals surface area contributed by atoms with Crippen molar-refractivity contribution in [3.8, 4) is 0 Å². The number of aliphatic carboxylic acids is 1. The van der Waals surface area contributed by atoms with Crippen LogP contribution in [0.2, 0.25) is 0 Å². The van der Waals surface area contributed by atoms with Gasteiger partial charge in [0.2, 0.25) is 0 Å². The number of halogens is 1. The van der Waals surface area contributed by atoms with E-state index >= 15 is 0 Å². The first-order valence-electron chi connectivity index (χ1n) is 7.98. The Morgan fingerprint density at radius 2 is 1.85 bits per heavy atom. The molecule has 0 fully saturated rings. The third-order valence-corrected chi connectivity index (χ3v) is 4.55. The van der Waals surface area contributed by atoms with Crippen molar-refractivity contribution in [2.45, 2.75) is 18.6 Å². The molecule has 1 amide bonds. The van der Waals surface area contributed by atoms with Gasteiger partial charge < -0.3 is 20.5 Å². The number of carboxylic acids is 1. The van der Waals surface area contributed by atoms with Crippen LogP contribution < -0.4 is 5.32 Å². The summed E-state index contributed by atoms with van der Waals surface area (Å²) in [7, 11) is 0. The third-order valence-electron chi connectivity index (χ3n) is 4.05. The van der Waals surface area contributed by atoms with Crippen LogP contribution in [0.3, 0.4) is 0 Å². The summed E-state index contributed by atoms with van der Waals surface area (Å²) < 4.78 is 0.873. The van der Waals surface area contributed by atoms with E-state index < -0.39 is 24.0 Å². The number of benzene rings is 2. The molecular formula is C19H17BrN2O4. The minimum atomic E-state index is -1.42. The van der Waals surface area contributed by atoms with Crippen LogP contribution in [0.1, 0.15) is 16.1 Å². The highest BCUT2D eigenvalue weighted by atomic mass is 79.9. The standard InChI is InChI=1S/C19H17BrN2O4/c20-13-6-7-14-12(9-13)10-15(21-14)18(24)22-17(19(25)26)16(23)8-11-4-2-1-3-5-11/h1-7,9-10,16-17,21,23H,8H2,(H,22,24)(H,25,26)/t16-,17+/m0/s1. The Balaban J connectivity index is 1.75. The van der Waals surface area contributed by atoms with Crippen LogP contribution in [0.25, 0.3) is 10.9 Å². The molecule has 2 aromatic carbocycles. The highest BCUT2D eigenvalue weighted by Crippen LogP contribution is 2.20. The Kier molecular flexibility index (Phi) is 5.39. The molecule has 4 N–H and O–H groups in total. The summed E-state index contributed by atoms with van der Waals surface area (Å²) in [5, 5.41) is 22.9. The van der Waals surface area contributed by atoms with E-state index in [2.05, 4.69) is 26.2 Å². The van der Waals surface area contributed by atoms with Crippen molar-refractivity contribution in [1.29, 1.82) is 0 Å². The Morgan fingerprint density at radius 3 is 2.54 bits per heavy atom. The number of aromatic amines is 1. The Hall–Kier alpha value is -2.64. The van der Waals surface area contributed by atoms with Gasteiger partial charge in [0.15, 0.2) is 6.04 Å². The first-order valence-corrected chi connectivity index (χ1v) is 8.77. The SMILES string of the molecule is O=C(N[C@@H](C(=O)O)[C@@H](O)Cc1ccccc1)c1cc2cc(Br)ccc2[nH]1. The third kappa shape index (κ3) is 4.12. The summed E-state index contributed by atoms with van der Waals surface area (Å²) in [6.45, 7) is 0. The fourth-order valence-electron chi connectivity index (χ4n) is 2.74. The monoisotopic (exact) mass is 416 g/mol. The van der Waals surface area contributed by atoms with Crippen molar-refractivity contribution in [2.24, 2.45) is 0 Å². The molecule has 0 aliphatic heterocycles. The average Bonchev–Trinajstić information content (AvgIpc) is 3.03. The first kappa shape index (κ1) is 18.2. The van der Waals surface area contributed by atoms with E-state index in [-0.39, 0.29) is 12.1 Å². The summed E-state index contributed by atoms with van der Waals surface area (Å²) in [5.41, 5.74) is 1.78. The lowest BCUT2D eigenvalue weighted by atomic mass is 10.0. The van der Waals surface area contributed by atoms with Crippen LogP contribution in [0, 0.1) is 0 Å². The average molecular weight is 417 g/mol. The van der Waals surface area contributed by atoms with Gasteiger partial charge >= 0.3 is 5.97 Å². The lowest BCUT2D eigenvalue weighted by Crippen LogP contribution is -2.49. The van der Waals surface area contributed by atoms with Gasteiger partial charge in [0.1, 0.15) is 5.69 Å². The van der Waals surface area contributed by atoms with E-state index in [0.717, 1.165) is 20.9 Å². The van der Waals surface area contributed by atoms with Gasteiger partial charge in [-0.15, -0.1) is 0 Å². The zero-order valence-electron chi connectivity index (χ0n) is 13.6. The second kappa shape index (κ2) is 7.72. The van der Waals surface area contributed by atoms with Crippen molar-refractivity contribution in [1.82, 2.24) is 10.3 Å². The van der Waals surface area contributed by atoms with Crippen molar-refractivity contribution in [3.63, 3.8) is 0 Å². The van der Waals surface area contributed by atoms with E-state index in [9.17, 15) is 19.8 Å². The highest BCUT2D eigenvalue weighted by molar-refractivity contribution is 9.10.